The maximum Gasteiger partial charge on any atom is 0.261 e. The van der Waals surface area contributed by atoms with E-state index >= 15 is 0 Å². The molecule has 0 saturated heterocycles. The molecule has 3 rings (SSSR count). The number of benzene rings is 3. The fourth-order valence-electron chi connectivity index (χ4n) is 3.57. The van der Waals surface area contributed by atoms with E-state index in [4.69, 9.17) is 27.9 Å². The van der Waals surface area contributed by atoms with Crippen molar-refractivity contribution in [2.45, 2.75) is 32.9 Å². The van der Waals surface area contributed by atoms with E-state index in [0.29, 0.717) is 34.3 Å². The molecule has 36 heavy (non-hydrogen) atoms. The molecule has 8 heteroatoms. The monoisotopic (exact) mass is 590 g/mol. The Morgan fingerprint density at radius 2 is 1.69 bits per heavy atom. The molecule has 1 N–H and O–H groups in total. The number of rotatable bonds is 11. The van der Waals surface area contributed by atoms with Crippen LogP contribution in [0.3, 0.4) is 0 Å². The Balaban J connectivity index is 1.92. The van der Waals surface area contributed by atoms with Crippen LogP contribution in [0.25, 0.3) is 0 Å². The molecular weight excluding hydrogens is 563 g/mol. The van der Waals surface area contributed by atoms with Crippen LogP contribution in [0.5, 0.6) is 5.75 Å². The van der Waals surface area contributed by atoms with E-state index in [0.717, 1.165) is 10.0 Å². The van der Waals surface area contributed by atoms with E-state index in [1.807, 2.05) is 56.3 Å². The third kappa shape index (κ3) is 8.54. The van der Waals surface area contributed by atoms with Crippen molar-refractivity contribution in [1.82, 2.24) is 10.2 Å². The fourth-order valence-corrected chi connectivity index (χ4v) is 4.30. The van der Waals surface area contributed by atoms with Gasteiger partial charge in [0, 0.05) is 34.0 Å². The summed E-state index contributed by atoms with van der Waals surface area (Å²) in [5.41, 5.74) is 1.63. The van der Waals surface area contributed by atoms with Crippen LogP contribution in [0, 0.1) is 5.92 Å². The first-order valence-electron chi connectivity index (χ1n) is 11.7. The maximum absolute atomic E-state index is 13.6. The molecule has 0 aliphatic heterocycles. The van der Waals surface area contributed by atoms with Gasteiger partial charge in [-0.25, -0.2) is 0 Å². The molecule has 0 aliphatic rings. The minimum Gasteiger partial charge on any atom is -0.484 e. The predicted molar refractivity (Wildman–Crippen MR) is 148 cm³/mol. The first kappa shape index (κ1) is 28.0. The topological polar surface area (TPSA) is 58.6 Å². The van der Waals surface area contributed by atoms with Crippen LogP contribution in [0.2, 0.25) is 10.0 Å². The first-order valence-corrected chi connectivity index (χ1v) is 13.2. The number of hydrogen-bond acceptors (Lipinski definition) is 3. The van der Waals surface area contributed by atoms with Crippen molar-refractivity contribution in [3.8, 4) is 5.75 Å². The number of nitrogens with zero attached hydrogens (tertiary/aromatic N) is 1. The second kappa shape index (κ2) is 13.7. The molecule has 0 bridgehead atoms. The molecule has 0 fully saturated rings. The lowest BCUT2D eigenvalue weighted by Gasteiger charge is -2.32. The van der Waals surface area contributed by atoms with Gasteiger partial charge in [0.05, 0.1) is 0 Å². The molecule has 0 aliphatic carbocycles. The van der Waals surface area contributed by atoms with Gasteiger partial charge in [-0.1, -0.05) is 89.4 Å². The van der Waals surface area contributed by atoms with E-state index < -0.39 is 6.04 Å². The summed E-state index contributed by atoms with van der Waals surface area (Å²) in [6.45, 7) is 4.45. The zero-order valence-electron chi connectivity index (χ0n) is 20.2. The first-order chi connectivity index (χ1) is 17.2. The Labute approximate surface area is 230 Å². The zero-order valence-corrected chi connectivity index (χ0v) is 23.3. The number of carbonyl (C=O) groups is 2. The summed E-state index contributed by atoms with van der Waals surface area (Å²) in [6.07, 6.45) is 0.347. The average Bonchev–Trinajstić information content (AvgIpc) is 2.86. The van der Waals surface area contributed by atoms with Crippen molar-refractivity contribution in [2.75, 3.05) is 13.2 Å². The van der Waals surface area contributed by atoms with Gasteiger partial charge >= 0.3 is 0 Å². The standard InChI is InChI=1S/C28H29BrCl2N2O3/c1-19(2)16-32-28(35)26(14-20-6-4-3-5-7-20)33(17-21-8-11-23(30)15-25(21)31)27(34)18-36-24-12-9-22(29)10-13-24/h3-13,15,19,26H,14,16-18H2,1-2H3,(H,32,35)/t26-/m1/s1. The van der Waals surface area contributed by atoms with Gasteiger partial charge in [-0.2, -0.15) is 0 Å². The zero-order chi connectivity index (χ0) is 26.1. The van der Waals surface area contributed by atoms with Crippen LogP contribution in [0.1, 0.15) is 25.0 Å². The van der Waals surface area contributed by atoms with E-state index in [1.54, 1.807) is 30.3 Å². The highest BCUT2D eigenvalue weighted by atomic mass is 79.9. The van der Waals surface area contributed by atoms with Gasteiger partial charge < -0.3 is 15.0 Å². The van der Waals surface area contributed by atoms with Crippen LogP contribution in [0.4, 0.5) is 0 Å². The number of nitrogens with one attached hydrogen (secondary N) is 1. The number of hydrogen-bond donors (Lipinski definition) is 1. The van der Waals surface area contributed by atoms with Crippen LogP contribution in [-0.2, 0) is 22.6 Å². The van der Waals surface area contributed by atoms with Gasteiger partial charge in [0.15, 0.2) is 6.61 Å². The lowest BCUT2D eigenvalue weighted by Crippen LogP contribution is -2.52. The summed E-state index contributed by atoms with van der Waals surface area (Å²) in [5.74, 6) is 0.265. The normalized spacial score (nSPS) is 11.7. The Hall–Kier alpha value is -2.54. The second-order valence-corrected chi connectivity index (χ2v) is 10.6. The molecule has 3 aromatic carbocycles. The molecule has 0 saturated carbocycles. The molecule has 0 unspecified atom stereocenters. The van der Waals surface area contributed by atoms with Gasteiger partial charge in [0.2, 0.25) is 5.91 Å². The molecular formula is C28H29BrCl2N2O3. The van der Waals surface area contributed by atoms with Gasteiger partial charge in [-0.15, -0.1) is 0 Å². The molecule has 0 aromatic heterocycles. The summed E-state index contributed by atoms with van der Waals surface area (Å²) >= 11 is 15.9. The van der Waals surface area contributed by atoms with Crippen LogP contribution >= 0.6 is 39.1 Å². The summed E-state index contributed by atoms with van der Waals surface area (Å²) in [5, 5.41) is 3.92. The summed E-state index contributed by atoms with van der Waals surface area (Å²) < 4.78 is 6.68. The Morgan fingerprint density at radius 3 is 2.33 bits per heavy atom. The number of carbonyl (C=O) groups excluding carboxylic acids is 2. The van der Waals surface area contributed by atoms with Gasteiger partial charge in [-0.05, 0) is 53.4 Å². The highest BCUT2D eigenvalue weighted by molar-refractivity contribution is 9.10. The Kier molecular flexibility index (Phi) is 10.7. The van der Waals surface area contributed by atoms with Crippen molar-refractivity contribution >= 4 is 50.9 Å². The lowest BCUT2D eigenvalue weighted by atomic mass is 10.0. The van der Waals surface area contributed by atoms with E-state index in [2.05, 4.69) is 21.2 Å². The lowest BCUT2D eigenvalue weighted by molar-refractivity contribution is -0.142. The quantitative estimate of drug-likeness (QED) is 0.275. The molecule has 3 aromatic rings. The van der Waals surface area contributed by atoms with Crippen molar-refractivity contribution in [2.24, 2.45) is 5.92 Å². The molecule has 0 radical (unpaired) electrons. The average molecular weight is 592 g/mol. The number of amides is 2. The summed E-state index contributed by atoms with van der Waals surface area (Å²) in [6, 6.07) is 21.2. The highest BCUT2D eigenvalue weighted by Gasteiger charge is 2.31. The third-order valence-electron chi connectivity index (χ3n) is 5.49. The number of halogens is 3. The van der Waals surface area contributed by atoms with Gasteiger partial charge in [0.25, 0.3) is 5.91 Å². The molecule has 2 amide bonds. The molecule has 0 heterocycles. The van der Waals surface area contributed by atoms with Gasteiger partial charge in [0.1, 0.15) is 11.8 Å². The minimum absolute atomic E-state index is 0.130. The Bertz CT molecular complexity index is 1160. The second-order valence-electron chi connectivity index (χ2n) is 8.84. The van der Waals surface area contributed by atoms with Crippen molar-refractivity contribution in [3.05, 3.63) is 98.4 Å². The summed E-state index contributed by atoms with van der Waals surface area (Å²) in [7, 11) is 0. The predicted octanol–water partition coefficient (Wildman–Crippen LogP) is 6.55. The van der Waals surface area contributed by atoms with Crippen LogP contribution in [-0.4, -0.2) is 35.9 Å². The largest absolute Gasteiger partial charge is 0.484 e. The summed E-state index contributed by atoms with van der Waals surface area (Å²) in [4.78, 5) is 28.6. The SMILES string of the molecule is CC(C)CNC(=O)[C@@H](Cc1ccccc1)N(Cc1ccc(Cl)cc1Cl)C(=O)COc1ccc(Br)cc1. The molecule has 190 valence electrons. The molecule has 5 nitrogen and oxygen atoms in total. The third-order valence-corrected chi connectivity index (χ3v) is 6.60. The van der Waals surface area contributed by atoms with E-state index in [9.17, 15) is 9.59 Å². The smallest absolute Gasteiger partial charge is 0.261 e. The van der Waals surface area contributed by atoms with E-state index in [1.165, 1.54) is 4.90 Å². The fraction of sp³-hybridized carbons (Fsp3) is 0.286. The van der Waals surface area contributed by atoms with Gasteiger partial charge in [-0.3, -0.25) is 9.59 Å². The van der Waals surface area contributed by atoms with Crippen molar-refractivity contribution in [3.63, 3.8) is 0 Å². The number of ether oxygens (including phenoxy) is 1. The Morgan fingerprint density at radius 1 is 1.00 bits per heavy atom. The van der Waals surface area contributed by atoms with Crippen LogP contribution < -0.4 is 10.1 Å². The maximum atomic E-state index is 13.6. The van der Waals surface area contributed by atoms with Crippen LogP contribution in [0.15, 0.2) is 77.3 Å². The van der Waals surface area contributed by atoms with E-state index in [-0.39, 0.29) is 30.9 Å². The molecule has 0 spiro atoms. The molecule has 1 atom stereocenters. The highest BCUT2D eigenvalue weighted by Crippen LogP contribution is 2.24. The minimum atomic E-state index is -0.765. The van der Waals surface area contributed by atoms with Crippen molar-refractivity contribution < 1.29 is 14.3 Å². The van der Waals surface area contributed by atoms with Crippen molar-refractivity contribution in [1.29, 1.82) is 0 Å².